The highest BCUT2D eigenvalue weighted by atomic mass is 16.2. The lowest BCUT2D eigenvalue weighted by Gasteiger charge is -2.42. The Kier molecular flexibility index (Phi) is 3.99. The molecular formula is C23H20N6O2. The molecule has 2 aliphatic rings. The predicted molar refractivity (Wildman–Crippen MR) is 115 cm³/mol. The Morgan fingerprint density at radius 2 is 1.90 bits per heavy atom. The number of carbonyl (C=O) groups excluding carboxylic acids is 1. The molecule has 0 unspecified atom stereocenters. The molecule has 154 valence electrons. The van der Waals surface area contributed by atoms with Gasteiger partial charge in [-0.3, -0.25) is 14.6 Å². The van der Waals surface area contributed by atoms with E-state index in [2.05, 4.69) is 19.9 Å². The van der Waals surface area contributed by atoms with Crippen molar-refractivity contribution < 1.29 is 4.79 Å². The number of imidazole rings is 1. The van der Waals surface area contributed by atoms with E-state index in [4.69, 9.17) is 0 Å². The number of nitrogens with zero attached hydrogens (tertiary/aromatic N) is 5. The van der Waals surface area contributed by atoms with Gasteiger partial charge >= 0.3 is 0 Å². The molecule has 1 fully saturated rings. The third kappa shape index (κ3) is 2.94. The van der Waals surface area contributed by atoms with Gasteiger partial charge in [-0.2, -0.15) is 0 Å². The van der Waals surface area contributed by atoms with E-state index in [9.17, 15) is 9.59 Å². The Labute approximate surface area is 177 Å². The van der Waals surface area contributed by atoms with Crippen LogP contribution in [-0.2, 0) is 6.54 Å². The Bertz CT molecular complexity index is 1360. The molecule has 31 heavy (non-hydrogen) atoms. The first-order valence-corrected chi connectivity index (χ1v) is 10.4. The first-order valence-electron chi connectivity index (χ1n) is 10.4. The predicted octanol–water partition coefficient (Wildman–Crippen LogP) is 2.44. The fraction of sp³-hybridized carbons (Fsp3) is 0.261. The van der Waals surface area contributed by atoms with E-state index in [-0.39, 0.29) is 23.3 Å². The summed E-state index contributed by atoms with van der Waals surface area (Å²) in [7, 11) is 0. The van der Waals surface area contributed by atoms with Gasteiger partial charge < -0.3 is 14.5 Å². The van der Waals surface area contributed by atoms with Gasteiger partial charge in [-0.05, 0) is 36.6 Å². The number of piperidine rings is 1. The van der Waals surface area contributed by atoms with E-state index in [1.165, 1.54) is 0 Å². The number of aromatic nitrogens is 5. The van der Waals surface area contributed by atoms with Crippen LogP contribution in [0.15, 0.2) is 59.8 Å². The highest BCUT2D eigenvalue weighted by molar-refractivity contribution is 5.94. The van der Waals surface area contributed by atoms with Crippen LogP contribution >= 0.6 is 0 Å². The van der Waals surface area contributed by atoms with Crippen molar-refractivity contribution in [3.05, 3.63) is 76.7 Å². The summed E-state index contributed by atoms with van der Waals surface area (Å²) in [6.45, 7) is 1.79. The molecule has 5 heterocycles. The first kappa shape index (κ1) is 18.0. The second kappa shape index (κ2) is 6.87. The van der Waals surface area contributed by atoms with Gasteiger partial charge in [0.25, 0.3) is 11.5 Å². The molecule has 2 aliphatic heterocycles. The van der Waals surface area contributed by atoms with E-state index in [1.807, 2.05) is 45.9 Å². The summed E-state index contributed by atoms with van der Waals surface area (Å²) in [4.78, 5) is 44.3. The summed E-state index contributed by atoms with van der Waals surface area (Å²) in [5, 5.41) is 0. The molecule has 0 aliphatic carbocycles. The fourth-order valence-corrected chi connectivity index (χ4v) is 4.93. The zero-order valence-electron chi connectivity index (χ0n) is 16.7. The van der Waals surface area contributed by atoms with Gasteiger partial charge in [0.1, 0.15) is 11.5 Å². The molecule has 0 radical (unpaired) electrons. The average Bonchev–Trinajstić information content (AvgIpc) is 3.33. The second-order valence-corrected chi connectivity index (χ2v) is 8.28. The zero-order valence-corrected chi connectivity index (χ0v) is 16.7. The third-order valence-electron chi connectivity index (χ3n) is 6.31. The lowest BCUT2D eigenvalue weighted by atomic mass is 9.83. The molecule has 8 heteroatoms. The molecule has 1 N–H and O–H groups in total. The number of nitrogens with one attached hydrogen (secondary N) is 1. The quantitative estimate of drug-likeness (QED) is 0.545. The molecule has 6 rings (SSSR count). The second-order valence-electron chi connectivity index (χ2n) is 8.28. The van der Waals surface area contributed by atoms with E-state index >= 15 is 0 Å². The van der Waals surface area contributed by atoms with Crippen molar-refractivity contribution in [2.75, 3.05) is 13.1 Å². The van der Waals surface area contributed by atoms with Crippen LogP contribution in [0.25, 0.3) is 22.4 Å². The average molecular weight is 412 g/mol. The van der Waals surface area contributed by atoms with Gasteiger partial charge in [-0.25, -0.2) is 9.97 Å². The van der Waals surface area contributed by atoms with Gasteiger partial charge in [-0.1, -0.05) is 12.1 Å². The summed E-state index contributed by atoms with van der Waals surface area (Å²) >= 11 is 0. The molecule has 1 aromatic carbocycles. The summed E-state index contributed by atoms with van der Waals surface area (Å²) in [6, 6.07) is 11.4. The van der Waals surface area contributed by atoms with Gasteiger partial charge in [0.2, 0.25) is 0 Å². The lowest BCUT2D eigenvalue weighted by molar-refractivity contribution is 0.0589. The van der Waals surface area contributed by atoms with Gasteiger partial charge in [0.15, 0.2) is 0 Å². The van der Waals surface area contributed by atoms with Gasteiger partial charge in [0, 0.05) is 43.6 Å². The van der Waals surface area contributed by atoms with Crippen molar-refractivity contribution in [1.29, 1.82) is 0 Å². The SMILES string of the molecule is O=C(c1cnc2ccccc2n1)N1C[C@@H]2C[C@H](C1)c1ccc(-c3ncc[nH]3)c(=O)n1C2. The van der Waals surface area contributed by atoms with Gasteiger partial charge in [0.05, 0.1) is 22.8 Å². The zero-order chi connectivity index (χ0) is 20.9. The molecule has 2 atom stereocenters. The Hall–Kier alpha value is -3.81. The van der Waals surface area contributed by atoms with E-state index in [0.29, 0.717) is 42.2 Å². The van der Waals surface area contributed by atoms with Crippen molar-refractivity contribution in [3.8, 4) is 11.4 Å². The van der Waals surface area contributed by atoms with Crippen LogP contribution in [0.2, 0.25) is 0 Å². The molecule has 0 saturated carbocycles. The number of amides is 1. The minimum Gasteiger partial charge on any atom is -0.344 e. The number of likely N-dealkylation sites (tertiary alicyclic amines) is 1. The number of benzene rings is 1. The number of hydrogen-bond acceptors (Lipinski definition) is 5. The normalized spacial score (nSPS) is 19.9. The Morgan fingerprint density at radius 1 is 1.03 bits per heavy atom. The standard InChI is InChI=1S/C23H20N6O2/c30-22-16(21-24-7-8-25-21)5-6-20-15-9-14(12-29(20)22)11-28(13-15)23(31)19-10-26-17-3-1-2-4-18(17)27-19/h1-8,10,14-15H,9,11-13H2,(H,24,25)/t14-,15+/m0/s1. The van der Waals surface area contributed by atoms with Gasteiger partial charge in [-0.15, -0.1) is 0 Å². The molecule has 0 spiro atoms. The van der Waals surface area contributed by atoms with E-state index < -0.39 is 0 Å². The summed E-state index contributed by atoms with van der Waals surface area (Å²) < 4.78 is 1.87. The molecular weight excluding hydrogens is 392 g/mol. The number of pyridine rings is 1. The molecule has 2 bridgehead atoms. The smallest absolute Gasteiger partial charge is 0.274 e. The third-order valence-corrected chi connectivity index (χ3v) is 6.31. The number of carbonyl (C=O) groups is 1. The molecule has 1 saturated heterocycles. The van der Waals surface area contributed by atoms with Crippen molar-refractivity contribution >= 4 is 16.9 Å². The van der Waals surface area contributed by atoms with Crippen LogP contribution in [0.4, 0.5) is 0 Å². The Balaban J connectivity index is 1.31. The minimum absolute atomic E-state index is 0.0256. The van der Waals surface area contributed by atoms with Crippen LogP contribution in [0, 0.1) is 5.92 Å². The summed E-state index contributed by atoms with van der Waals surface area (Å²) in [5.74, 6) is 0.843. The topological polar surface area (TPSA) is 96.8 Å². The van der Waals surface area contributed by atoms with Crippen LogP contribution in [0.3, 0.4) is 0 Å². The monoisotopic (exact) mass is 412 g/mol. The van der Waals surface area contributed by atoms with Crippen LogP contribution in [0.5, 0.6) is 0 Å². The highest BCUT2D eigenvalue weighted by Gasteiger charge is 2.37. The fourth-order valence-electron chi connectivity index (χ4n) is 4.93. The lowest BCUT2D eigenvalue weighted by Crippen LogP contribution is -2.49. The Morgan fingerprint density at radius 3 is 2.74 bits per heavy atom. The number of fused-ring (bicyclic) bond motifs is 5. The van der Waals surface area contributed by atoms with Crippen molar-refractivity contribution in [2.45, 2.75) is 18.9 Å². The number of hydrogen-bond donors (Lipinski definition) is 1. The largest absolute Gasteiger partial charge is 0.344 e. The maximum atomic E-state index is 13.2. The van der Waals surface area contributed by atoms with Crippen molar-refractivity contribution in [2.24, 2.45) is 5.92 Å². The molecule has 1 amide bonds. The number of H-pyrrole nitrogens is 1. The number of para-hydroxylation sites is 2. The summed E-state index contributed by atoms with van der Waals surface area (Å²) in [6.07, 6.45) is 5.90. The van der Waals surface area contributed by atoms with E-state index in [0.717, 1.165) is 17.6 Å². The van der Waals surface area contributed by atoms with Crippen LogP contribution in [-0.4, -0.2) is 48.4 Å². The number of rotatable bonds is 2. The maximum Gasteiger partial charge on any atom is 0.274 e. The summed E-state index contributed by atoms with van der Waals surface area (Å²) in [5.41, 5.74) is 3.39. The first-order chi connectivity index (χ1) is 15.2. The minimum atomic E-state index is -0.101. The van der Waals surface area contributed by atoms with Crippen LogP contribution < -0.4 is 5.56 Å². The molecule has 8 nitrogen and oxygen atoms in total. The van der Waals surface area contributed by atoms with Crippen molar-refractivity contribution in [1.82, 2.24) is 29.4 Å². The van der Waals surface area contributed by atoms with E-state index in [1.54, 1.807) is 18.6 Å². The van der Waals surface area contributed by atoms with Crippen LogP contribution in [0.1, 0.15) is 28.5 Å². The molecule has 4 aromatic rings. The number of aromatic amines is 1. The van der Waals surface area contributed by atoms with Crippen molar-refractivity contribution in [3.63, 3.8) is 0 Å². The molecule has 3 aromatic heterocycles. The highest BCUT2D eigenvalue weighted by Crippen LogP contribution is 2.36. The maximum absolute atomic E-state index is 13.2.